The minimum Gasteiger partial charge on any atom is -0.469 e. The quantitative estimate of drug-likeness (QED) is 0.669. The summed E-state index contributed by atoms with van der Waals surface area (Å²) in [4.78, 5) is 11.5. The molecule has 1 aliphatic heterocycles. The lowest BCUT2D eigenvalue weighted by molar-refractivity contribution is -0.146. The van der Waals surface area contributed by atoms with E-state index in [2.05, 4.69) is 4.72 Å². The lowest BCUT2D eigenvalue weighted by Crippen LogP contribution is -2.52. The molecule has 23 heavy (non-hydrogen) atoms. The first-order chi connectivity index (χ1) is 10.5. The van der Waals surface area contributed by atoms with E-state index in [1.54, 1.807) is 0 Å². The summed E-state index contributed by atoms with van der Waals surface area (Å²) in [5, 5.41) is 0. The number of nitrogens with two attached hydrogens (primary N) is 1. The third kappa shape index (κ3) is 5.29. The van der Waals surface area contributed by atoms with Crippen LogP contribution in [0.4, 0.5) is 0 Å². The van der Waals surface area contributed by atoms with Crippen molar-refractivity contribution in [3.8, 4) is 0 Å². The Balaban J connectivity index is 0.00000264. The standard InChI is InChI=1S/C14H27N3O4S.ClH/c1-21-14(18)12-6-8-17(9-7-12)22(19,20)16-13(10-15)11-4-2-3-5-11;/h11-13,16H,2-10,15H2,1H3;1H. The van der Waals surface area contributed by atoms with E-state index in [9.17, 15) is 13.2 Å². The van der Waals surface area contributed by atoms with Crippen LogP contribution >= 0.6 is 12.4 Å². The van der Waals surface area contributed by atoms with E-state index < -0.39 is 10.2 Å². The van der Waals surface area contributed by atoms with Gasteiger partial charge in [-0.3, -0.25) is 4.79 Å². The molecule has 1 unspecified atom stereocenters. The predicted molar refractivity (Wildman–Crippen MR) is 90.4 cm³/mol. The van der Waals surface area contributed by atoms with Gasteiger partial charge in [-0.1, -0.05) is 12.8 Å². The SMILES string of the molecule is COC(=O)C1CCN(S(=O)(=O)NC(CN)C2CCCC2)CC1.Cl. The van der Waals surface area contributed by atoms with Gasteiger partial charge in [0.05, 0.1) is 13.0 Å². The van der Waals surface area contributed by atoms with E-state index in [0.29, 0.717) is 38.4 Å². The van der Waals surface area contributed by atoms with Gasteiger partial charge in [0.15, 0.2) is 0 Å². The molecule has 7 nitrogen and oxygen atoms in total. The molecular formula is C14H28ClN3O4S. The fourth-order valence-electron chi connectivity index (χ4n) is 3.46. The van der Waals surface area contributed by atoms with Gasteiger partial charge >= 0.3 is 5.97 Å². The van der Waals surface area contributed by atoms with E-state index in [4.69, 9.17) is 10.5 Å². The number of carbonyl (C=O) groups is 1. The van der Waals surface area contributed by atoms with Crippen molar-refractivity contribution in [2.24, 2.45) is 17.6 Å². The maximum absolute atomic E-state index is 12.5. The van der Waals surface area contributed by atoms with Gasteiger partial charge in [0.2, 0.25) is 0 Å². The maximum Gasteiger partial charge on any atom is 0.308 e. The fraction of sp³-hybridized carbons (Fsp3) is 0.929. The molecule has 2 aliphatic rings. The number of rotatable bonds is 6. The predicted octanol–water partition coefficient (Wildman–Crippen LogP) is 0.645. The van der Waals surface area contributed by atoms with Crippen molar-refractivity contribution < 1.29 is 17.9 Å². The second-order valence-corrected chi connectivity index (χ2v) is 7.91. The highest BCUT2D eigenvalue weighted by Gasteiger charge is 2.34. The summed E-state index contributed by atoms with van der Waals surface area (Å²) in [5.41, 5.74) is 5.76. The van der Waals surface area contributed by atoms with Gasteiger partial charge in [-0.2, -0.15) is 17.4 Å². The van der Waals surface area contributed by atoms with Crippen LogP contribution in [0.5, 0.6) is 0 Å². The zero-order chi connectivity index (χ0) is 16.2. The molecule has 1 aliphatic carbocycles. The lowest BCUT2D eigenvalue weighted by Gasteiger charge is -2.32. The molecule has 136 valence electrons. The van der Waals surface area contributed by atoms with Gasteiger partial charge in [-0.25, -0.2) is 0 Å². The number of carbonyl (C=O) groups excluding carboxylic acids is 1. The molecule has 3 N–H and O–H groups in total. The van der Waals surface area contributed by atoms with Crippen molar-refractivity contribution >= 4 is 28.6 Å². The second-order valence-electron chi connectivity index (χ2n) is 6.21. The molecule has 0 aromatic carbocycles. The van der Waals surface area contributed by atoms with Crippen LogP contribution in [0.25, 0.3) is 0 Å². The van der Waals surface area contributed by atoms with Crippen LogP contribution in [0.2, 0.25) is 0 Å². The van der Waals surface area contributed by atoms with Crippen LogP contribution < -0.4 is 10.5 Å². The number of ether oxygens (including phenoxy) is 1. The molecule has 1 atom stereocenters. The van der Waals surface area contributed by atoms with Crippen LogP contribution in [0.15, 0.2) is 0 Å². The Morgan fingerprint density at radius 2 is 1.83 bits per heavy atom. The number of esters is 1. The summed E-state index contributed by atoms with van der Waals surface area (Å²) in [6.07, 6.45) is 5.37. The third-order valence-electron chi connectivity index (χ3n) is 4.85. The van der Waals surface area contributed by atoms with E-state index in [0.717, 1.165) is 25.7 Å². The van der Waals surface area contributed by atoms with Crippen LogP contribution in [0.3, 0.4) is 0 Å². The highest BCUT2D eigenvalue weighted by atomic mass is 35.5. The van der Waals surface area contributed by atoms with Crippen molar-refractivity contribution in [3.05, 3.63) is 0 Å². The zero-order valence-corrected chi connectivity index (χ0v) is 15.2. The van der Waals surface area contributed by atoms with Crippen molar-refractivity contribution in [1.82, 2.24) is 9.03 Å². The minimum atomic E-state index is -3.54. The molecule has 0 spiro atoms. The summed E-state index contributed by atoms with van der Waals surface area (Å²) in [6, 6.07) is -0.189. The number of nitrogens with one attached hydrogen (secondary N) is 1. The van der Waals surface area contributed by atoms with E-state index in [1.165, 1.54) is 11.4 Å². The Morgan fingerprint density at radius 1 is 1.26 bits per heavy atom. The van der Waals surface area contributed by atoms with E-state index in [-0.39, 0.29) is 30.3 Å². The summed E-state index contributed by atoms with van der Waals surface area (Å²) in [5.74, 6) is -0.111. The lowest BCUT2D eigenvalue weighted by atomic mass is 9.99. The average Bonchev–Trinajstić information content (AvgIpc) is 3.06. The third-order valence-corrected chi connectivity index (χ3v) is 6.50. The smallest absolute Gasteiger partial charge is 0.308 e. The van der Waals surface area contributed by atoms with Crippen LogP contribution in [0, 0.1) is 11.8 Å². The topological polar surface area (TPSA) is 102 Å². The van der Waals surface area contributed by atoms with Crippen LogP contribution in [-0.4, -0.2) is 51.5 Å². The summed E-state index contributed by atoms with van der Waals surface area (Å²) in [7, 11) is -2.18. The van der Waals surface area contributed by atoms with E-state index in [1.807, 2.05) is 0 Å². The molecular weight excluding hydrogens is 342 g/mol. The average molecular weight is 370 g/mol. The Hall–Kier alpha value is -0.410. The molecule has 1 heterocycles. The molecule has 1 saturated carbocycles. The van der Waals surface area contributed by atoms with Crippen LogP contribution in [-0.2, 0) is 19.7 Å². The Bertz CT molecular complexity index is 474. The highest BCUT2D eigenvalue weighted by molar-refractivity contribution is 7.87. The summed E-state index contributed by atoms with van der Waals surface area (Å²) < 4.78 is 33.9. The van der Waals surface area contributed by atoms with Crippen LogP contribution in [0.1, 0.15) is 38.5 Å². The van der Waals surface area contributed by atoms with Crippen molar-refractivity contribution in [1.29, 1.82) is 0 Å². The molecule has 0 aromatic rings. The fourth-order valence-corrected chi connectivity index (χ4v) is 4.97. The normalized spacial score (nSPS) is 22.5. The largest absolute Gasteiger partial charge is 0.469 e. The molecule has 2 rings (SSSR count). The van der Waals surface area contributed by atoms with Crippen molar-refractivity contribution in [2.75, 3.05) is 26.7 Å². The van der Waals surface area contributed by atoms with Gasteiger partial charge in [-0.15, -0.1) is 12.4 Å². The number of nitrogens with zero attached hydrogens (tertiary/aromatic N) is 1. The number of hydrogen-bond donors (Lipinski definition) is 2. The van der Waals surface area contributed by atoms with Gasteiger partial charge < -0.3 is 10.5 Å². The summed E-state index contributed by atoms with van der Waals surface area (Å²) >= 11 is 0. The van der Waals surface area contributed by atoms with Gasteiger partial charge in [0, 0.05) is 25.7 Å². The number of piperidine rings is 1. The molecule has 0 aromatic heterocycles. The molecule has 2 fully saturated rings. The highest BCUT2D eigenvalue weighted by Crippen LogP contribution is 2.28. The van der Waals surface area contributed by atoms with E-state index >= 15 is 0 Å². The molecule has 1 saturated heterocycles. The number of halogens is 1. The second kappa shape index (κ2) is 9.17. The maximum atomic E-state index is 12.5. The Labute approximate surface area is 144 Å². The molecule has 0 radical (unpaired) electrons. The van der Waals surface area contributed by atoms with Gasteiger partial charge in [0.25, 0.3) is 10.2 Å². The Morgan fingerprint density at radius 3 is 2.30 bits per heavy atom. The minimum absolute atomic E-state index is 0. The molecule has 0 amide bonds. The first kappa shape index (κ1) is 20.6. The number of hydrogen-bond acceptors (Lipinski definition) is 5. The zero-order valence-electron chi connectivity index (χ0n) is 13.6. The van der Waals surface area contributed by atoms with Crippen molar-refractivity contribution in [2.45, 2.75) is 44.6 Å². The first-order valence-corrected chi connectivity index (χ1v) is 9.47. The summed E-state index contributed by atoms with van der Waals surface area (Å²) in [6.45, 7) is 1.01. The molecule has 9 heteroatoms. The van der Waals surface area contributed by atoms with Gasteiger partial charge in [0.1, 0.15) is 0 Å². The monoisotopic (exact) mass is 369 g/mol. The van der Waals surface area contributed by atoms with Gasteiger partial charge in [-0.05, 0) is 31.6 Å². The first-order valence-electron chi connectivity index (χ1n) is 8.03. The Kier molecular flexibility index (Phi) is 8.23. The molecule has 0 bridgehead atoms. The van der Waals surface area contributed by atoms with Crippen molar-refractivity contribution in [3.63, 3.8) is 0 Å². The number of methoxy groups -OCH3 is 1.